The van der Waals surface area contributed by atoms with Gasteiger partial charge in [-0.15, -0.1) is 0 Å². The maximum atomic E-state index is 5.33. The summed E-state index contributed by atoms with van der Waals surface area (Å²) in [5, 5.41) is 3.45. The number of rotatable bonds is 1. The molecular weight excluding hydrogens is 152 g/mol. The summed E-state index contributed by atoms with van der Waals surface area (Å²) in [7, 11) is 0. The van der Waals surface area contributed by atoms with Crippen LogP contribution in [0.5, 0.6) is 0 Å². The quantitative estimate of drug-likeness (QED) is 0.603. The van der Waals surface area contributed by atoms with E-state index in [1.165, 1.54) is 25.9 Å². The van der Waals surface area contributed by atoms with Crippen molar-refractivity contribution in [3.63, 3.8) is 0 Å². The number of piperidine rings is 1. The van der Waals surface area contributed by atoms with Crippen LogP contribution in [-0.4, -0.2) is 50.3 Å². The van der Waals surface area contributed by atoms with Gasteiger partial charge in [-0.3, -0.25) is 4.90 Å². The molecule has 0 radical (unpaired) electrons. The molecule has 1 N–H and O–H groups in total. The van der Waals surface area contributed by atoms with E-state index in [-0.39, 0.29) is 0 Å². The van der Waals surface area contributed by atoms with Crippen LogP contribution in [0.25, 0.3) is 0 Å². The summed E-state index contributed by atoms with van der Waals surface area (Å²) in [6, 6.07) is 0.780. The highest BCUT2D eigenvalue weighted by Gasteiger charge is 2.21. The molecule has 2 aliphatic heterocycles. The van der Waals surface area contributed by atoms with Crippen molar-refractivity contribution in [3.8, 4) is 0 Å². The van der Waals surface area contributed by atoms with Crippen LogP contribution in [0.1, 0.15) is 12.8 Å². The Bertz CT molecular complexity index is 112. The van der Waals surface area contributed by atoms with Gasteiger partial charge in [0.25, 0.3) is 0 Å². The van der Waals surface area contributed by atoms with Crippen LogP contribution in [0.3, 0.4) is 0 Å². The van der Waals surface area contributed by atoms with Crippen LogP contribution in [0.2, 0.25) is 0 Å². The van der Waals surface area contributed by atoms with Gasteiger partial charge in [0.1, 0.15) is 0 Å². The van der Waals surface area contributed by atoms with E-state index >= 15 is 0 Å². The van der Waals surface area contributed by atoms with Gasteiger partial charge >= 0.3 is 0 Å². The molecule has 0 aliphatic carbocycles. The minimum absolute atomic E-state index is 0.780. The first-order valence-electron chi connectivity index (χ1n) is 4.99. The highest BCUT2D eigenvalue weighted by molar-refractivity contribution is 4.79. The van der Waals surface area contributed by atoms with Gasteiger partial charge in [-0.25, -0.2) is 0 Å². The molecule has 0 saturated carbocycles. The number of morpholine rings is 1. The van der Waals surface area contributed by atoms with Gasteiger partial charge in [0.2, 0.25) is 0 Å². The molecule has 0 spiro atoms. The molecule has 0 aromatic rings. The second-order valence-electron chi connectivity index (χ2n) is 3.65. The first kappa shape index (κ1) is 8.48. The molecule has 12 heavy (non-hydrogen) atoms. The highest BCUT2D eigenvalue weighted by Crippen LogP contribution is 2.11. The minimum atomic E-state index is 0.780. The molecule has 70 valence electrons. The molecule has 0 aromatic heterocycles. The third kappa shape index (κ3) is 1.97. The van der Waals surface area contributed by atoms with Crippen LogP contribution in [0.4, 0.5) is 0 Å². The zero-order valence-electron chi connectivity index (χ0n) is 7.59. The summed E-state index contributed by atoms with van der Waals surface area (Å²) in [5.74, 6) is 0. The molecule has 0 aromatic carbocycles. The summed E-state index contributed by atoms with van der Waals surface area (Å²) in [6.45, 7) is 6.51. The van der Waals surface area contributed by atoms with Crippen molar-refractivity contribution < 1.29 is 4.74 Å². The maximum absolute atomic E-state index is 5.33. The van der Waals surface area contributed by atoms with Crippen LogP contribution in [-0.2, 0) is 4.74 Å². The van der Waals surface area contributed by atoms with Crippen molar-refractivity contribution in [1.82, 2.24) is 10.2 Å². The van der Waals surface area contributed by atoms with E-state index in [0.717, 1.165) is 32.3 Å². The van der Waals surface area contributed by atoms with Crippen molar-refractivity contribution in [3.05, 3.63) is 0 Å². The van der Waals surface area contributed by atoms with Gasteiger partial charge in [-0.05, 0) is 19.4 Å². The fourth-order valence-electron chi connectivity index (χ4n) is 2.09. The van der Waals surface area contributed by atoms with E-state index in [1.807, 2.05) is 0 Å². The Labute approximate surface area is 74.1 Å². The Hall–Kier alpha value is -0.120. The number of hydrogen-bond acceptors (Lipinski definition) is 3. The lowest BCUT2D eigenvalue weighted by atomic mass is 10.1. The van der Waals surface area contributed by atoms with Crippen molar-refractivity contribution in [1.29, 1.82) is 0 Å². The Balaban J connectivity index is 1.80. The SMILES string of the molecule is C1CNC[C@@H](N2CCOCC2)C1. The standard InChI is InChI=1S/C9H18N2O/c1-2-9(8-10-3-1)11-4-6-12-7-5-11/h9-10H,1-8H2/t9-/m0/s1. The number of nitrogens with zero attached hydrogens (tertiary/aromatic N) is 1. The van der Waals surface area contributed by atoms with Crippen molar-refractivity contribution in [2.75, 3.05) is 39.4 Å². The van der Waals surface area contributed by atoms with Gasteiger partial charge < -0.3 is 10.1 Å². The second kappa shape index (κ2) is 4.21. The van der Waals surface area contributed by atoms with Crippen molar-refractivity contribution >= 4 is 0 Å². The Morgan fingerprint density at radius 1 is 1.25 bits per heavy atom. The van der Waals surface area contributed by atoms with Gasteiger partial charge in [0.05, 0.1) is 13.2 Å². The van der Waals surface area contributed by atoms with E-state index in [9.17, 15) is 0 Å². The fraction of sp³-hybridized carbons (Fsp3) is 1.00. The molecule has 2 saturated heterocycles. The average Bonchev–Trinajstić information content (AvgIpc) is 2.21. The second-order valence-corrected chi connectivity index (χ2v) is 3.65. The van der Waals surface area contributed by atoms with E-state index in [2.05, 4.69) is 10.2 Å². The minimum Gasteiger partial charge on any atom is -0.379 e. The zero-order valence-corrected chi connectivity index (χ0v) is 7.59. The van der Waals surface area contributed by atoms with Crippen molar-refractivity contribution in [2.45, 2.75) is 18.9 Å². The molecular formula is C9H18N2O. The largest absolute Gasteiger partial charge is 0.379 e. The van der Waals surface area contributed by atoms with E-state index in [1.54, 1.807) is 0 Å². The van der Waals surface area contributed by atoms with Crippen LogP contribution < -0.4 is 5.32 Å². The normalized spacial score (nSPS) is 33.5. The molecule has 2 heterocycles. The average molecular weight is 170 g/mol. The van der Waals surface area contributed by atoms with E-state index < -0.39 is 0 Å². The third-order valence-corrected chi connectivity index (χ3v) is 2.83. The Morgan fingerprint density at radius 2 is 2.08 bits per heavy atom. The molecule has 3 nitrogen and oxygen atoms in total. The molecule has 2 fully saturated rings. The molecule has 1 atom stereocenters. The lowest BCUT2D eigenvalue weighted by Crippen LogP contribution is -2.50. The van der Waals surface area contributed by atoms with Crippen molar-refractivity contribution in [2.24, 2.45) is 0 Å². The molecule has 2 aliphatic rings. The van der Waals surface area contributed by atoms with Gasteiger partial charge in [-0.2, -0.15) is 0 Å². The lowest BCUT2D eigenvalue weighted by molar-refractivity contribution is 0.0116. The smallest absolute Gasteiger partial charge is 0.0594 e. The van der Waals surface area contributed by atoms with E-state index in [0.29, 0.717) is 0 Å². The predicted molar refractivity (Wildman–Crippen MR) is 48.3 cm³/mol. The highest BCUT2D eigenvalue weighted by atomic mass is 16.5. The molecule has 0 unspecified atom stereocenters. The first-order chi connectivity index (χ1) is 5.97. The van der Waals surface area contributed by atoms with Gasteiger partial charge in [0.15, 0.2) is 0 Å². The first-order valence-corrected chi connectivity index (χ1v) is 4.99. The van der Waals surface area contributed by atoms with Gasteiger partial charge in [-0.1, -0.05) is 0 Å². The molecule has 0 amide bonds. The Morgan fingerprint density at radius 3 is 2.75 bits per heavy atom. The summed E-state index contributed by atoms with van der Waals surface area (Å²) >= 11 is 0. The summed E-state index contributed by atoms with van der Waals surface area (Å²) < 4.78 is 5.33. The summed E-state index contributed by atoms with van der Waals surface area (Å²) in [4.78, 5) is 2.57. The van der Waals surface area contributed by atoms with Crippen LogP contribution in [0, 0.1) is 0 Å². The Kier molecular flexibility index (Phi) is 2.98. The van der Waals surface area contributed by atoms with Crippen LogP contribution >= 0.6 is 0 Å². The van der Waals surface area contributed by atoms with Crippen LogP contribution in [0.15, 0.2) is 0 Å². The third-order valence-electron chi connectivity index (χ3n) is 2.83. The molecule has 0 bridgehead atoms. The summed E-state index contributed by atoms with van der Waals surface area (Å²) in [5.41, 5.74) is 0. The number of nitrogens with one attached hydrogen (secondary N) is 1. The topological polar surface area (TPSA) is 24.5 Å². The molecule has 2 rings (SSSR count). The number of hydrogen-bond donors (Lipinski definition) is 1. The van der Waals surface area contributed by atoms with E-state index in [4.69, 9.17) is 4.74 Å². The lowest BCUT2D eigenvalue weighted by Gasteiger charge is -2.36. The monoisotopic (exact) mass is 170 g/mol. The van der Waals surface area contributed by atoms with Gasteiger partial charge in [0, 0.05) is 25.7 Å². The predicted octanol–water partition coefficient (Wildman–Crippen LogP) is 0.0706. The maximum Gasteiger partial charge on any atom is 0.0594 e. The zero-order chi connectivity index (χ0) is 8.23. The number of ether oxygens (including phenoxy) is 1. The fourth-order valence-corrected chi connectivity index (χ4v) is 2.09. The molecule has 3 heteroatoms. The summed E-state index contributed by atoms with van der Waals surface area (Å²) in [6.07, 6.45) is 2.70.